The van der Waals surface area contributed by atoms with Crippen molar-refractivity contribution in [1.82, 2.24) is 10.2 Å². The van der Waals surface area contributed by atoms with Crippen molar-refractivity contribution in [2.45, 2.75) is 53.0 Å². The summed E-state index contributed by atoms with van der Waals surface area (Å²) < 4.78 is 0. The predicted octanol–water partition coefficient (Wildman–Crippen LogP) is 1.80. The van der Waals surface area contributed by atoms with Gasteiger partial charge in [-0.1, -0.05) is 13.8 Å². The molecule has 18 heavy (non-hydrogen) atoms. The Hall–Kier alpha value is -1.06. The van der Waals surface area contributed by atoms with Crippen molar-refractivity contribution in [2.75, 3.05) is 13.1 Å². The minimum atomic E-state index is 0.114. The topological polar surface area (TPSA) is 49.4 Å². The minimum Gasteiger partial charge on any atom is -0.356 e. The highest BCUT2D eigenvalue weighted by Crippen LogP contribution is 2.19. The van der Waals surface area contributed by atoms with Crippen molar-refractivity contribution >= 4 is 11.8 Å². The van der Waals surface area contributed by atoms with E-state index >= 15 is 0 Å². The quantitative estimate of drug-likeness (QED) is 0.785. The van der Waals surface area contributed by atoms with Crippen LogP contribution in [0.25, 0.3) is 0 Å². The summed E-state index contributed by atoms with van der Waals surface area (Å²) in [5.41, 5.74) is 0. The van der Waals surface area contributed by atoms with Crippen LogP contribution in [-0.2, 0) is 9.59 Å². The van der Waals surface area contributed by atoms with E-state index in [-0.39, 0.29) is 29.7 Å². The molecule has 0 spiro atoms. The molecule has 4 nitrogen and oxygen atoms in total. The van der Waals surface area contributed by atoms with Crippen molar-refractivity contribution in [2.24, 2.45) is 11.8 Å². The summed E-state index contributed by atoms with van der Waals surface area (Å²) >= 11 is 0. The van der Waals surface area contributed by atoms with Crippen LogP contribution in [0.3, 0.4) is 0 Å². The van der Waals surface area contributed by atoms with Gasteiger partial charge in [-0.25, -0.2) is 0 Å². The Morgan fingerprint density at radius 3 is 2.44 bits per heavy atom. The maximum Gasteiger partial charge on any atom is 0.223 e. The third-order valence-electron chi connectivity index (χ3n) is 3.78. The molecule has 0 saturated carbocycles. The number of carbonyl (C=O) groups is 2. The molecule has 1 N–H and O–H groups in total. The van der Waals surface area contributed by atoms with Crippen LogP contribution in [0.4, 0.5) is 0 Å². The standard InChI is InChI=1S/C14H26N2O2/c1-5-12(6-2)14(18)15-8-11-7-13(17)16(9-11)10(3)4/h10-12H,5-9H2,1-4H3,(H,15,18). The maximum atomic E-state index is 11.8. The molecule has 1 fully saturated rings. The van der Waals surface area contributed by atoms with E-state index < -0.39 is 0 Å². The molecular weight excluding hydrogens is 228 g/mol. The second kappa shape index (κ2) is 6.76. The largest absolute Gasteiger partial charge is 0.356 e. The third-order valence-corrected chi connectivity index (χ3v) is 3.78. The number of amides is 2. The predicted molar refractivity (Wildman–Crippen MR) is 72.0 cm³/mol. The lowest BCUT2D eigenvalue weighted by molar-refractivity contribution is -0.129. The molecule has 2 amide bonds. The smallest absolute Gasteiger partial charge is 0.223 e. The molecule has 1 saturated heterocycles. The molecule has 1 rings (SSSR count). The van der Waals surface area contributed by atoms with Gasteiger partial charge in [0.25, 0.3) is 0 Å². The molecule has 0 aromatic heterocycles. The second-order valence-electron chi connectivity index (χ2n) is 5.47. The van der Waals surface area contributed by atoms with Gasteiger partial charge in [-0.15, -0.1) is 0 Å². The Morgan fingerprint density at radius 1 is 1.39 bits per heavy atom. The van der Waals surface area contributed by atoms with Gasteiger partial charge in [-0.05, 0) is 26.7 Å². The molecule has 1 aliphatic heterocycles. The summed E-state index contributed by atoms with van der Waals surface area (Å²) in [6.07, 6.45) is 2.33. The second-order valence-corrected chi connectivity index (χ2v) is 5.47. The summed E-state index contributed by atoms with van der Waals surface area (Å²) in [5, 5.41) is 2.99. The Bertz CT molecular complexity index is 298. The van der Waals surface area contributed by atoms with Crippen LogP contribution in [0.5, 0.6) is 0 Å². The van der Waals surface area contributed by atoms with Crippen LogP contribution in [0.1, 0.15) is 47.0 Å². The zero-order valence-corrected chi connectivity index (χ0v) is 12.0. The lowest BCUT2D eigenvalue weighted by Gasteiger charge is -2.21. The molecule has 1 heterocycles. The monoisotopic (exact) mass is 254 g/mol. The molecule has 104 valence electrons. The normalized spacial score (nSPS) is 20.0. The lowest BCUT2D eigenvalue weighted by atomic mass is 10.0. The van der Waals surface area contributed by atoms with Gasteiger partial charge in [-0.2, -0.15) is 0 Å². The van der Waals surface area contributed by atoms with Crippen molar-refractivity contribution in [3.8, 4) is 0 Å². The molecule has 0 bridgehead atoms. The van der Waals surface area contributed by atoms with Crippen molar-refractivity contribution in [3.05, 3.63) is 0 Å². The summed E-state index contributed by atoms with van der Waals surface area (Å²) in [6.45, 7) is 9.54. The Kier molecular flexibility index (Phi) is 5.63. The number of nitrogens with one attached hydrogen (secondary N) is 1. The summed E-state index contributed by atoms with van der Waals surface area (Å²) in [5.74, 6) is 0.740. The number of nitrogens with zero attached hydrogens (tertiary/aromatic N) is 1. The molecular formula is C14H26N2O2. The first-order valence-corrected chi connectivity index (χ1v) is 7.06. The van der Waals surface area contributed by atoms with E-state index in [9.17, 15) is 9.59 Å². The van der Waals surface area contributed by atoms with Gasteiger partial charge in [0.2, 0.25) is 11.8 Å². The van der Waals surface area contributed by atoms with Gasteiger partial charge < -0.3 is 10.2 Å². The molecule has 1 unspecified atom stereocenters. The van der Waals surface area contributed by atoms with Gasteiger partial charge in [0.05, 0.1) is 0 Å². The fourth-order valence-electron chi connectivity index (χ4n) is 2.49. The van der Waals surface area contributed by atoms with Gasteiger partial charge >= 0.3 is 0 Å². The van der Waals surface area contributed by atoms with Gasteiger partial charge in [0, 0.05) is 37.4 Å². The Labute approximate surface area is 110 Å². The van der Waals surface area contributed by atoms with Crippen molar-refractivity contribution in [3.63, 3.8) is 0 Å². The average molecular weight is 254 g/mol. The number of hydrogen-bond donors (Lipinski definition) is 1. The minimum absolute atomic E-state index is 0.114. The van der Waals surface area contributed by atoms with Crippen LogP contribution in [0.2, 0.25) is 0 Å². The zero-order valence-electron chi connectivity index (χ0n) is 12.0. The van der Waals surface area contributed by atoms with E-state index in [1.54, 1.807) is 0 Å². The van der Waals surface area contributed by atoms with Crippen molar-refractivity contribution < 1.29 is 9.59 Å². The number of likely N-dealkylation sites (tertiary alicyclic amines) is 1. The summed E-state index contributed by atoms with van der Waals surface area (Å²) in [4.78, 5) is 25.5. The first-order valence-electron chi connectivity index (χ1n) is 7.06. The zero-order chi connectivity index (χ0) is 13.7. The number of carbonyl (C=O) groups excluding carboxylic acids is 2. The van der Waals surface area contributed by atoms with E-state index in [1.165, 1.54) is 0 Å². The lowest BCUT2D eigenvalue weighted by Crippen LogP contribution is -2.36. The first-order chi connectivity index (χ1) is 8.49. The molecule has 4 heteroatoms. The molecule has 0 aliphatic carbocycles. The highest BCUT2D eigenvalue weighted by Gasteiger charge is 2.31. The summed E-state index contributed by atoms with van der Waals surface area (Å²) in [6, 6.07) is 0.261. The Balaban J connectivity index is 2.37. The summed E-state index contributed by atoms with van der Waals surface area (Å²) in [7, 11) is 0. The van der Waals surface area contributed by atoms with Gasteiger partial charge in [-0.3, -0.25) is 9.59 Å². The average Bonchev–Trinajstić information content (AvgIpc) is 2.69. The van der Waals surface area contributed by atoms with E-state index in [4.69, 9.17) is 0 Å². The van der Waals surface area contributed by atoms with Crippen LogP contribution < -0.4 is 5.32 Å². The molecule has 0 radical (unpaired) electrons. The molecule has 1 aliphatic rings. The maximum absolute atomic E-state index is 11.8. The van der Waals surface area contributed by atoms with Crippen molar-refractivity contribution in [1.29, 1.82) is 0 Å². The molecule has 0 aromatic rings. The van der Waals surface area contributed by atoms with Crippen LogP contribution >= 0.6 is 0 Å². The first kappa shape index (κ1) is 15.0. The fraction of sp³-hybridized carbons (Fsp3) is 0.857. The van der Waals surface area contributed by atoms with E-state index in [1.807, 2.05) is 32.6 Å². The van der Waals surface area contributed by atoms with E-state index in [0.717, 1.165) is 19.4 Å². The third kappa shape index (κ3) is 3.72. The SMILES string of the molecule is CCC(CC)C(=O)NCC1CC(=O)N(C(C)C)C1. The molecule has 0 aromatic carbocycles. The fourth-order valence-corrected chi connectivity index (χ4v) is 2.49. The highest BCUT2D eigenvalue weighted by atomic mass is 16.2. The van der Waals surface area contributed by atoms with E-state index in [2.05, 4.69) is 5.32 Å². The molecule has 1 atom stereocenters. The highest BCUT2D eigenvalue weighted by molar-refractivity contribution is 5.80. The number of hydrogen-bond acceptors (Lipinski definition) is 2. The number of rotatable bonds is 6. The van der Waals surface area contributed by atoms with Gasteiger partial charge in [0.1, 0.15) is 0 Å². The van der Waals surface area contributed by atoms with Crippen LogP contribution in [0, 0.1) is 11.8 Å². The van der Waals surface area contributed by atoms with Gasteiger partial charge in [0.15, 0.2) is 0 Å². The van der Waals surface area contributed by atoms with E-state index in [0.29, 0.717) is 13.0 Å². The van der Waals surface area contributed by atoms with Crippen LogP contribution in [0.15, 0.2) is 0 Å². The Morgan fingerprint density at radius 2 is 2.00 bits per heavy atom. The van der Waals surface area contributed by atoms with Crippen LogP contribution in [-0.4, -0.2) is 35.8 Å².